The van der Waals surface area contributed by atoms with Crippen LogP contribution in [0.3, 0.4) is 0 Å². The van der Waals surface area contributed by atoms with E-state index in [9.17, 15) is 4.79 Å². The van der Waals surface area contributed by atoms with Gasteiger partial charge in [0.15, 0.2) is 6.29 Å². The first kappa shape index (κ1) is 10.7. The van der Waals surface area contributed by atoms with Crippen molar-refractivity contribution in [3.8, 4) is 0 Å². The number of halogens is 1. The SMILES string of the molecule is O=Cc1c(Cl)ncnc1Cc1ccncc1. The average molecular weight is 234 g/mol. The number of pyridine rings is 1. The molecule has 2 rings (SSSR count). The topological polar surface area (TPSA) is 55.7 Å². The fourth-order valence-corrected chi connectivity index (χ4v) is 1.56. The zero-order valence-electron chi connectivity index (χ0n) is 8.30. The molecule has 0 N–H and O–H groups in total. The Morgan fingerprint density at radius 1 is 1.25 bits per heavy atom. The van der Waals surface area contributed by atoms with Crippen molar-refractivity contribution >= 4 is 17.9 Å². The highest BCUT2D eigenvalue weighted by atomic mass is 35.5. The second-order valence-corrected chi connectivity index (χ2v) is 3.53. The highest BCUT2D eigenvalue weighted by Crippen LogP contribution is 2.15. The van der Waals surface area contributed by atoms with Gasteiger partial charge >= 0.3 is 0 Å². The number of nitrogens with zero attached hydrogens (tertiary/aromatic N) is 3. The van der Waals surface area contributed by atoms with Gasteiger partial charge in [0.05, 0.1) is 11.3 Å². The highest BCUT2D eigenvalue weighted by molar-refractivity contribution is 6.31. The Kier molecular flexibility index (Phi) is 3.22. The lowest BCUT2D eigenvalue weighted by Crippen LogP contribution is -2.00. The molecule has 0 aromatic carbocycles. The predicted octanol–water partition coefficient (Wildman–Crippen LogP) is 1.93. The Morgan fingerprint density at radius 2 is 2.00 bits per heavy atom. The van der Waals surface area contributed by atoms with Gasteiger partial charge in [-0.25, -0.2) is 9.97 Å². The first-order valence-corrected chi connectivity index (χ1v) is 5.02. The molecule has 2 aromatic rings. The summed E-state index contributed by atoms with van der Waals surface area (Å²) in [7, 11) is 0. The van der Waals surface area contributed by atoms with Gasteiger partial charge in [-0.1, -0.05) is 11.6 Å². The van der Waals surface area contributed by atoms with Gasteiger partial charge < -0.3 is 0 Å². The monoisotopic (exact) mass is 233 g/mol. The minimum absolute atomic E-state index is 0.189. The standard InChI is InChI=1S/C11H8ClN3O/c12-11-9(6-16)10(14-7-15-11)5-8-1-3-13-4-2-8/h1-4,6-7H,5H2. The van der Waals surface area contributed by atoms with Gasteiger partial charge in [0.25, 0.3) is 0 Å². The van der Waals surface area contributed by atoms with E-state index in [1.807, 2.05) is 12.1 Å². The molecule has 0 unspecified atom stereocenters. The summed E-state index contributed by atoms with van der Waals surface area (Å²) < 4.78 is 0. The molecule has 4 nitrogen and oxygen atoms in total. The fourth-order valence-electron chi connectivity index (χ4n) is 1.36. The summed E-state index contributed by atoms with van der Waals surface area (Å²) in [6.45, 7) is 0. The minimum atomic E-state index is 0.189. The van der Waals surface area contributed by atoms with Crippen molar-refractivity contribution in [3.63, 3.8) is 0 Å². The summed E-state index contributed by atoms with van der Waals surface area (Å²) in [4.78, 5) is 22.6. The summed E-state index contributed by atoms with van der Waals surface area (Å²) in [5.41, 5.74) is 2.00. The molecule has 0 spiro atoms. The number of hydrogen-bond acceptors (Lipinski definition) is 4. The Balaban J connectivity index is 2.35. The predicted molar refractivity (Wildman–Crippen MR) is 59.5 cm³/mol. The molecule has 0 bridgehead atoms. The zero-order chi connectivity index (χ0) is 11.4. The van der Waals surface area contributed by atoms with Crippen molar-refractivity contribution in [2.24, 2.45) is 0 Å². The normalized spacial score (nSPS) is 10.1. The first-order chi connectivity index (χ1) is 7.81. The average Bonchev–Trinajstić information content (AvgIpc) is 2.31. The van der Waals surface area contributed by atoms with E-state index in [0.717, 1.165) is 5.56 Å². The Bertz CT molecular complexity index is 502. The molecule has 0 aliphatic rings. The van der Waals surface area contributed by atoms with Crippen molar-refractivity contribution in [2.45, 2.75) is 6.42 Å². The zero-order valence-corrected chi connectivity index (χ0v) is 9.05. The Hall–Kier alpha value is -1.81. The lowest BCUT2D eigenvalue weighted by atomic mass is 10.1. The van der Waals surface area contributed by atoms with E-state index in [2.05, 4.69) is 15.0 Å². The van der Waals surface area contributed by atoms with Crippen molar-refractivity contribution < 1.29 is 4.79 Å². The van der Waals surface area contributed by atoms with Gasteiger partial charge in [-0.3, -0.25) is 9.78 Å². The van der Waals surface area contributed by atoms with E-state index in [1.165, 1.54) is 6.33 Å². The van der Waals surface area contributed by atoms with Gasteiger partial charge in [0.1, 0.15) is 11.5 Å². The molecule has 0 radical (unpaired) electrons. The largest absolute Gasteiger partial charge is 0.298 e. The molecule has 16 heavy (non-hydrogen) atoms. The number of aldehydes is 1. The minimum Gasteiger partial charge on any atom is -0.298 e. The number of carbonyl (C=O) groups is 1. The Labute approximate surface area is 97.3 Å². The maximum absolute atomic E-state index is 10.9. The fraction of sp³-hybridized carbons (Fsp3) is 0.0909. The molecule has 0 saturated carbocycles. The van der Waals surface area contributed by atoms with Crippen LogP contribution in [0.5, 0.6) is 0 Å². The second-order valence-electron chi connectivity index (χ2n) is 3.17. The molecule has 0 atom stereocenters. The maximum Gasteiger partial charge on any atom is 0.155 e. The molecule has 80 valence electrons. The quantitative estimate of drug-likeness (QED) is 0.601. The van der Waals surface area contributed by atoms with Gasteiger partial charge in [-0.2, -0.15) is 0 Å². The van der Waals surface area contributed by atoms with E-state index in [0.29, 0.717) is 24.0 Å². The van der Waals surface area contributed by atoms with Crippen LogP contribution in [0, 0.1) is 0 Å². The summed E-state index contributed by atoms with van der Waals surface area (Å²) in [5.74, 6) is 0. The number of aromatic nitrogens is 3. The molecule has 0 aliphatic carbocycles. The third-order valence-electron chi connectivity index (χ3n) is 2.16. The molecule has 0 saturated heterocycles. The number of rotatable bonds is 3. The smallest absolute Gasteiger partial charge is 0.155 e. The van der Waals surface area contributed by atoms with Crippen LogP contribution in [-0.2, 0) is 6.42 Å². The molecular formula is C11H8ClN3O. The van der Waals surface area contributed by atoms with Crippen LogP contribution in [0.25, 0.3) is 0 Å². The van der Waals surface area contributed by atoms with Crippen molar-refractivity contribution in [1.29, 1.82) is 0 Å². The summed E-state index contributed by atoms with van der Waals surface area (Å²) in [5, 5.41) is 0.189. The van der Waals surface area contributed by atoms with Gasteiger partial charge in [-0.05, 0) is 17.7 Å². The lowest BCUT2D eigenvalue weighted by Gasteiger charge is -2.04. The molecule has 0 fully saturated rings. The lowest BCUT2D eigenvalue weighted by molar-refractivity contribution is 0.112. The van der Waals surface area contributed by atoms with E-state index in [1.54, 1.807) is 12.4 Å². The van der Waals surface area contributed by atoms with Gasteiger partial charge in [0.2, 0.25) is 0 Å². The molecule has 0 amide bonds. The number of carbonyl (C=O) groups excluding carboxylic acids is 1. The van der Waals surface area contributed by atoms with Crippen molar-refractivity contribution in [1.82, 2.24) is 15.0 Å². The van der Waals surface area contributed by atoms with Crippen LogP contribution in [0.1, 0.15) is 21.6 Å². The molecular weight excluding hydrogens is 226 g/mol. The van der Waals surface area contributed by atoms with Gasteiger partial charge in [0, 0.05) is 18.8 Å². The third kappa shape index (κ3) is 2.23. The summed E-state index contributed by atoms with van der Waals surface area (Å²) in [6.07, 6.45) is 5.96. The second kappa shape index (κ2) is 4.81. The van der Waals surface area contributed by atoms with Crippen LogP contribution in [0.2, 0.25) is 5.15 Å². The van der Waals surface area contributed by atoms with E-state index in [4.69, 9.17) is 11.6 Å². The summed E-state index contributed by atoms with van der Waals surface area (Å²) in [6, 6.07) is 3.73. The Morgan fingerprint density at radius 3 is 2.69 bits per heavy atom. The third-order valence-corrected chi connectivity index (χ3v) is 2.46. The summed E-state index contributed by atoms with van der Waals surface area (Å²) >= 11 is 5.80. The first-order valence-electron chi connectivity index (χ1n) is 4.64. The molecule has 2 aromatic heterocycles. The molecule has 0 aliphatic heterocycles. The van der Waals surface area contributed by atoms with Crippen LogP contribution in [-0.4, -0.2) is 21.2 Å². The molecule has 5 heteroatoms. The van der Waals surface area contributed by atoms with E-state index < -0.39 is 0 Å². The van der Waals surface area contributed by atoms with Crippen LogP contribution >= 0.6 is 11.6 Å². The van der Waals surface area contributed by atoms with E-state index >= 15 is 0 Å². The number of hydrogen-bond donors (Lipinski definition) is 0. The highest BCUT2D eigenvalue weighted by Gasteiger charge is 2.09. The van der Waals surface area contributed by atoms with Crippen molar-refractivity contribution in [3.05, 3.63) is 52.8 Å². The van der Waals surface area contributed by atoms with Crippen LogP contribution in [0.4, 0.5) is 0 Å². The van der Waals surface area contributed by atoms with Gasteiger partial charge in [-0.15, -0.1) is 0 Å². The molecule has 2 heterocycles. The van der Waals surface area contributed by atoms with Crippen LogP contribution < -0.4 is 0 Å². The van der Waals surface area contributed by atoms with E-state index in [-0.39, 0.29) is 5.15 Å². The van der Waals surface area contributed by atoms with Crippen LogP contribution in [0.15, 0.2) is 30.9 Å². The maximum atomic E-state index is 10.9. The van der Waals surface area contributed by atoms with Crippen molar-refractivity contribution in [2.75, 3.05) is 0 Å².